The summed E-state index contributed by atoms with van der Waals surface area (Å²) >= 11 is 0. The molecule has 70 valence electrons. The van der Waals surface area contributed by atoms with E-state index in [1.54, 1.807) is 6.92 Å². The molecule has 1 aromatic carbocycles. The van der Waals surface area contributed by atoms with Gasteiger partial charge in [0, 0.05) is 5.56 Å². The molecule has 0 spiro atoms. The maximum absolute atomic E-state index is 7.95. The van der Waals surface area contributed by atoms with Gasteiger partial charge in [-0.25, -0.2) is 0 Å². The average molecular weight is 197 g/mol. The lowest BCUT2D eigenvalue weighted by molar-refractivity contribution is 0.949. The van der Waals surface area contributed by atoms with E-state index in [4.69, 9.17) is 5.48 Å². The van der Waals surface area contributed by atoms with Crippen LogP contribution in [0.1, 0.15) is 29.5 Å². The summed E-state index contributed by atoms with van der Waals surface area (Å²) < 4.78 is 31.5. The molecule has 0 unspecified atom stereocenters. The zero-order valence-corrected chi connectivity index (χ0v) is 8.76. The summed E-state index contributed by atoms with van der Waals surface area (Å²) in [5.74, 6) is 3.11. The van der Waals surface area contributed by atoms with Crippen molar-refractivity contribution in [2.24, 2.45) is 0 Å². The monoisotopic (exact) mass is 197 g/mol. The topological polar surface area (TPSA) is 0 Å². The van der Waals surface area contributed by atoms with Crippen LogP contribution in [0.15, 0.2) is 24.2 Å². The van der Waals surface area contributed by atoms with Crippen molar-refractivity contribution in [3.05, 3.63) is 35.3 Å². The summed E-state index contributed by atoms with van der Waals surface area (Å²) in [6.45, 7) is 1.66. The fourth-order valence-corrected chi connectivity index (χ4v) is 3.81. The van der Waals surface area contributed by atoms with E-state index in [9.17, 15) is 0 Å². The van der Waals surface area contributed by atoms with Gasteiger partial charge in [-0.2, -0.15) is 0 Å². The fourth-order valence-electron chi connectivity index (χ4n) is 1.54. The van der Waals surface area contributed by atoms with Crippen LogP contribution in [-0.4, -0.2) is 11.5 Å². The fraction of sp³-hybridized carbons (Fsp3) is 0.500. The van der Waals surface area contributed by atoms with Crippen LogP contribution in [0.5, 0.6) is 0 Å². The first kappa shape index (κ1) is 5.45. The Hall–Kier alpha value is -0.430. The molecule has 0 N–H and O–H groups in total. The van der Waals surface area contributed by atoms with Crippen molar-refractivity contribution >= 4 is 10.9 Å². The second kappa shape index (κ2) is 4.19. The van der Waals surface area contributed by atoms with Crippen LogP contribution in [0.4, 0.5) is 0 Å². The molecule has 0 aromatic heterocycles. The maximum atomic E-state index is 7.95. The number of benzene rings is 1. The smallest absolute Gasteiger partial charge is 0.0589 e. The lowest BCUT2D eigenvalue weighted by Crippen LogP contribution is -2.06. The van der Waals surface area contributed by atoms with Crippen LogP contribution in [0.2, 0.25) is 0 Å². The van der Waals surface area contributed by atoms with Gasteiger partial charge in [0.15, 0.2) is 0 Å². The Morgan fingerprint density at radius 3 is 2.46 bits per heavy atom. The van der Waals surface area contributed by atoms with E-state index < -0.39 is 0 Å². The minimum Gasteiger partial charge on any atom is -0.0589 e. The Bertz CT molecular complexity index is 410. The summed E-state index contributed by atoms with van der Waals surface area (Å²) in [5.41, 5.74) is 1.08. The minimum atomic E-state index is 0.129. The van der Waals surface area contributed by atoms with Gasteiger partial charge in [-0.1, -0.05) is 29.7 Å². The van der Waals surface area contributed by atoms with Crippen molar-refractivity contribution in [2.45, 2.75) is 25.5 Å². The number of hydrogen-bond donors (Lipinski definition) is 0. The van der Waals surface area contributed by atoms with Gasteiger partial charge in [-0.15, -0.1) is 0 Å². The van der Waals surface area contributed by atoms with E-state index in [1.165, 1.54) is 24.3 Å². The third-order valence-corrected chi connectivity index (χ3v) is 4.70. The first-order chi connectivity index (χ1) is 8.02. The molecule has 1 heterocycles. The molecule has 13 heavy (non-hydrogen) atoms. The summed E-state index contributed by atoms with van der Waals surface area (Å²) in [6.07, 6.45) is 2.49. The molecule has 1 aromatic rings. The third kappa shape index (κ3) is 2.50. The molecule has 0 bridgehead atoms. The standard InChI is InChI=1S/C12H17S/c1-11-4-6-12(7-5-11)10-13-8-2-3-9-13/h4-7H,2-3,8-10H2,1H3/q+1/i4D,5D,6D,7D. The van der Waals surface area contributed by atoms with Gasteiger partial charge in [-0.05, 0) is 30.7 Å². The first-order valence-electron chi connectivity index (χ1n) is 6.72. The summed E-state index contributed by atoms with van der Waals surface area (Å²) in [4.78, 5) is 0. The van der Waals surface area contributed by atoms with E-state index in [0.717, 1.165) is 5.75 Å². The Balaban J connectivity index is 2.38. The molecule has 0 amide bonds. The summed E-state index contributed by atoms with van der Waals surface area (Å²) in [7, 11) is 0.271. The molecule has 2 rings (SSSR count). The Morgan fingerprint density at radius 1 is 1.23 bits per heavy atom. The highest BCUT2D eigenvalue weighted by molar-refractivity contribution is 7.96. The van der Waals surface area contributed by atoms with Crippen molar-refractivity contribution in [1.82, 2.24) is 0 Å². The molecule has 1 heteroatoms. The average Bonchev–Trinajstić information content (AvgIpc) is 2.82. The van der Waals surface area contributed by atoms with Gasteiger partial charge in [-0.3, -0.25) is 0 Å². The quantitative estimate of drug-likeness (QED) is 0.640. The Kier molecular flexibility index (Phi) is 1.76. The largest absolute Gasteiger partial charge is 0.133 e. The van der Waals surface area contributed by atoms with E-state index >= 15 is 0 Å². The Morgan fingerprint density at radius 2 is 1.85 bits per heavy atom. The minimum absolute atomic E-state index is 0.129. The number of rotatable bonds is 2. The van der Waals surface area contributed by atoms with Crippen LogP contribution in [-0.2, 0) is 16.6 Å². The first-order valence-corrected chi connectivity index (χ1v) is 6.45. The molecule has 0 aliphatic carbocycles. The van der Waals surface area contributed by atoms with Crippen LogP contribution in [0, 0.1) is 6.92 Å². The second-order valence-corrected chi connectivity index (χ2v) is 5.81. The van der Waals surface area contributed by atoms with Crippen molar-refractivity contribution in [1.29, 1.82) is 0 Å². The highest BCUT2D eigenvalue weighted by Gasteiger charge is 2.23. The molecule has 0 atom stereocenters. The molecular formula is C12H17S+. The predicted octanol–water partition coefficient (Wildman–Crippen LogP) is 2.91. The maximum Gasteiger partial charge on any atom is 0.133 e. The van der Waals surface area contributed by atoms with Gasteiger partial charge in [0.2, 0.25) is 0 Å². The molecule has 1 fully saturated rings. The van der Waals surface area contributed by atoms with Crippen molar-refractivity contribution in [3.63, 3.8) is 0 Å². The summed E-state index contributed by atoms with van der Waals surface area (Å²) in [5, 5.41) is 0. The van der Waals surface area contributed by atoms with Gasteiger partial charge in [0.1, 0.15) is 17.3 Å². The lowest BCUT2D eigenvalue weighted by Gasteiger charge is -2.01. The van der Waals surface area contributed by atoms with Gasteiger partial charge >= 0.3 is 0 Å². The SMILES string of the molecule is [2H]c1c([2H])c(C[S+]2CCCC2)c([2H])c([2H])c1C. The Labute approximate surface area is 89.3 Å². The third-order valence-electron chi connectivity index (χ3n) is 2.27. The van der Waals surface area contributed by atoms with Gasteiger partial charge in [0.25, 0.3) is 0 Å². The molecule has 1 aliphatic heterocycles. The molecular weight excluding hydrogens is 176 g/mol. The zero-order valence-electron chi connectivity index (χ0n) is 11.9. The second-order valence-electron chi connectivity index (χ2n) is 3.48. The van der Waals surface area contributed by atoms with Crippen molar-refractivity contribution in [2.75, 3.05) is 11.5 Å². The molecule has 0 saturated carbocycles. The van der Waals surface area contributed by atoms with E-state index in [2.05, 4.69) is 0 Å². The molecule has 1 aliphatic rings. The van der Waals surface area contributed by atoms with Gasteiger partial charge < -0.3 is 0 Å². The highest BCUT2D eigenvalue weighted by Crippen LogP contribution is 2.18. The van der Waals surface area contributed by atoms with E-state index in [-0.39, 0.29) is 35.1 Å². The lowest BCUT2D eigenvalue weighted by atomic mass is 10.2. The van der Waals surface area contributed by atoms with Gasteiger partial charge in [0.05, 0.1) is 5.48 Å². The molecule has 0 nitrogen and oxygen atoms in total. The number of hydrogen-bond acceptors (Lipinski definition) is 0. The zero-order chi connectivity index (χ0) is 12.6. The predicted molar refractivity (Wildman–Crippen MR) is 61.2 cm³/mol. The normalized spacial score (nSPS) is 22.2. The molecule has 0 radical (unpaired) electrons. The van der Waals surface area contributed by atoms with Crippen LogP contribution < -0.4 is 0 Å². The highest BCUT2D eigenvalue weighted by atomic mass is 32.2. The van der Waals surface area contributed by atoms with E-state index in [1.807, 2.05) is 0 Å². The van der Waals surface area contributed by atoms with Crippen molar-refractivity contribution < 1.29 is 5.48 Å². The van der Waals surface area contributed by atoms with Crippen molar-refractivity contribution in [3.8, 4) is 0 Å². The summed E-state index contributed by atoms with van der Waals surface area (Å²) in [6, 6.07) is 0.596. The van der Waals surface area contributed by atoms with Crippen LogP contribution >= 0.6 is 0 Å². The van der Waals surface area contributed by atoms with Crippen LogP contribution in [0.25, 0.3) is 0 Å². The van der Waals surface area contributed by atoms with Crippen LogP contribution in [0.3, 0.4) is 0 Å². The van der Waals surface area contributed by atoms with E-state index in [0.29, 0.717) is 11.1 Å². The molecule has 1 saturated heterocycles.